The maximum Gasteiger partial charge on any atom is 0.451 e. The lowest BCUT2D eigenvalue weighted by Gasteiger charge is -2.38. The molecule has 0 bridgehead atoms. The molecular weight excluding hydrogens is 393 g/mol. The quantitative estimate of drug-likeness (QED) is 0.722. The van der Waals surface area contributed by atoms with E-state index in [-0.39, 0.29) is 10.0 Å². The first-order valence-corrected chi connectivity index (χ1v) is 8.32. The van der Waals surface area contributed by atoms with Crippen LogP contribution in [0.1, 0.15) is 25.1 Å². The zero-order valence-electron chi connectivity index (χ0n) is 12.7. The third-order valence-corrected chi connectivity index (χ3v) is 5.44. The number of piperidine rings is 1. The summed E-state index contributed by atoms with van der Waals surface area (Å²) < 4.78 is 38.1. The van der Waals surface area contributed by atoms with Crippen molar-refractivity contribution in [1.29, 1.82) is 0 Å². The van der Waals surface area contributed by atoms with Gasteiger partial charge in [-0.25, -0.2) is 14.8 Å². The highest BCUT2D eigenvalue weighted by molar-refractivity contribution is 9.10. The molecule has 2 fully saturated rings. The van der Waals surface area contributed by atoms with Gasteiger partial charge in [-0.1, -0.05) is 0 Å². The van der Waals surface area contributed by atoms with E-state index >= 15 is 0 Å². The molecule has 2 saturated heterocycles. The van der Waals surface area contributed by atoms with Gasteiger partial charge < -0.3 is 14.9 Å². The molecule has 6 nitrogen and oxygen atoms in total. The number of rotatable bonds is 1. The van der Waals surface area contributed by atoms with Crippen LogP contribution in [-0.4, -0.2) is 52.2 Å². The summed E-state index contributed by atoms with van der Waals surface area (Å²) in [5, 5.41) is 9.03. The molecule has 3 heterocycles. The standard InChI is InChI=1S/C14H16BrF3N4O2/c15-10-9(7-19-11(20-10)14(16,17)18)22-6-3-13(8-22)1-4-21(5-2-13)12(23)24/h7H,1-6,8H2,(H,23,24). The van der Waals surface area contributed by atoms with Gasteiger partial charge in [-0.2, -0.15) is 13.2 Å². The molecule has 2 aliphatic rings. The molecule has 2 aliphatic heterocycles. The molecule has 0 atom stereocenters. The Bertz CT molecular complexity index is 647. The summed E-state index contributed by atoms with van der Waals surface area (Å²) in [6.45, 7) is 2.36. The van der Waals surface area contributed by atoms with E-state index in [9.17, 15) is 18.0 Å². The summed E-state index contributed by atoms with van der Waals surface area (Å²) in [5.74, 6) is -1.16. The van der Waals surface area contributed by atoms with Gasteiger partial charge in [0.05, 0.1) is 11.9 Å². The van der Waals surface area contributed by atoms with Crippen molar-refractivity contribution in [3.8, 4) is 0 Å². The van der Waals surface area contributed by atoms with E-state index in [0.29, 0.717) is 31.9 Å². The summed E-state index contributed by atoms with van der Waals surface area (Å²) in [7, 11) is 0. The number of nitrogens with zero attached hydrogens (tertiary/aromatic N) is 4. The lowest BCUT2D eigenvalue weighted by Crippen LogP contribution is -2.43. The number of halogens is 4. The van der Waals surface area contributed by atoms with E-state index in [1.165, 1.54) is 11.1 Å². The Kier molecular flexibility index (Phi) is 4.35. The average Bonchev–Trinajstić information content (AvgIpc) is 2.90. The largest absolute Gasteiger partial charge is 0.465 e. The Morgan fingerprint density at radius 1 is 1.25 bits per heavy atom. The number of carboxylic acid groups (broad SMARTS) is 1. The van der Waals surface area contributed by atoms with Crippen molar-refractivity contribution >= 4 is 27.7 Å². The second kappa shape index (κ2) is 6.05. The van der Waals surface area contributed by atoms with Gasteiger partial charge in [-0.05, 0) is 40.6 Å². The molecule has 1 amide bonds. The Labute approximate surface area is 144 Å². The first kappa shape index (κ1) is 17.2. The van der Waals surface area contributed by atoms with Gasteiger partial charge in [0, 0.05) is 26.2 Å². The van der Waals surface area contributed by atoms with E-state index in [0.717, 1.165) is 19.3 Å². The van der Waals surface area contributed by atoms with Gasteiger partial charge in [-0.3, -0.25) is 0 Å². The van der Waals surface area contributed by atoms with Crippen LogP contribution in [0.15, 0.2) is 10.8 Å². The SMILES string of the molecule is O=C(O)N1CCC2(CC1)CCN(c1cnc(C(F)(F)F)nc1Br)C2. The molecular formula is C14H16BrF3N4O2. The highest BCUT2D eigenvalue weighted by Gasteiger charge is 2.42. The van der Waals surface area contributed by atoms with Crippen LogP contribution in [0.5, 0.6) is 0 Å². The molecule has 0 aliphatic carbocycles. The van der Waals surface area contributed by atoms with Crippen molar-refractivity contribution in [2.24, 2.45) is 5.41 Å². The molecule has 0 unspecified atom stereocenters. The third kappa shape index (κ3) is 3.28. The molecule has 132 valence electrons. The van der Waals surface area contributed by atoms with Crippen molar-refractivity contribution < 1.29 is 23.1 Å². The highest BCUT2D eigenvalue weighted by atomic mass is 79.9. The third-order valence-electron chi connectivity index (χ3n) is 4.85. The minimum atomic E-state index is -4.57. The van der Waals surface area contributed by atoms with Crippen LogP contribution in [0, 0.1) is 5.41 Å². The maximum absolute atomic E-state index is 12.7. The predicted molar refractivity (Wildman–Crippen MR) is 82.8 cm³/mol. The van der Waals surface area contributed by atoms with Crippen molar-refractivity contribution in [1.82, 2.24) is 14.9 Å². The molecule has 0 aromatic carbocycles. The van der Waals surface area contributed by atoms with E-state index < -0.39 is 18.1 Å². The van der Waals surface area contributed by atoms with Crippen LogP contribution < -0.4 is 4.90 Å². The minimum Gasteiger partial charge on any atom is -0.465 e. The number of hydrogen-bond donors (Lipinski definition) is 1. The van der Waals surface area contributed by atoms with E-state index in [1.807, 2.05) is 4.90 Å². The van der Waals surface area contributed by atoms with Gasteiger partial charge in [0.25, 0.3) is 0 Å². The normalized spacial score (nSPS) is 20.7. The number of likely N-dealkylation sites (tertiary alicyclic amines) is 1. The van der Waals surface area contributed by atoms with Gasteiger partial charge in [0.15, 0.2) is 0 Å². The van der Waals surface area contributed by atoms with Crippen molar-refractivity contribution in [2.75, 3.05) is 31.1 Å². The molecule has 0 radical (unpaired) electrons. The van der Waals surface area contributed by atoms with E-state index in [4.69, 9.17) is 5.11 Å². The number of hydrogen-bond acceptors (Lipinski definition) is 4. The van der Waals surface area contributed by atoms with Crippen molar-refractivity contribution in [3.63, 3.8) is 0 Å². The smallest absolute Gasteiger partial charge is 0.451 e. The molecule has 1 aromatic heterocycles. The molecule has 24 heavy (non-hydrogen) atoms. The molecule has 0 saturated carbocycles. The fourth-order valence-corrected chi connectivity index (χ4v) is 3.95. The summed E-state index contributed by atoms with van der Waals surface area (Å²) in [6.07, 6.45) is -1.88. The van der Waals surface area contributed by atoms with Gasteiger partial charge in [0.2, 0.25) is 5.82 Å². The summed E-state index contributed by atoms with van der Waals surface area (Å²) >= 11 is 3.11. The first-order chi connectivity index (χ1) is 11.2. The Morgan fingerprint density at radius 2 is 1.88 bits per heavy atom. The highest BCUT2D eigenvalue weighted by Crippen LogP contribution is 2.43. The van der Waals surface area contributed by atoms with Crippen LogP contribution in [0.3, 0.4) is 0 Å². The molecule has 3 rings (SSSR count). The number of anilines is 1. The van der Waals surface area contributed by atoms with Gasteiger partial charge in [-0.15, -0.1) is 0 Å². The minimum absolute atomic E-state index is 0.00802. The average molecular weight is 409 g/mol. The van der Waals surface area contributed by atoms with Crippen LogP contribution >= 0.6 is 15.9 Å². The second-order valence-electron chi connectivity index (χ2n) is 6.31. The lowest BCUT2D eigenvalue weighted by atomic mass is 9.78. The zero-order chi connectivity index (χ0) is 17.5. The lowest BCUT2D eigenvalue weighted by molar-refractivity contribution is -0.145. The Balaban J connectivity index is 1.71. The number of aromatic nitrogens is 2. The first-order valence-electron chi connectivity index (χ1n) is 7.53. The van der Waals surface area contributed by atoms with Crippen LogP contribution in [0.2, 0.25) is 0 Å². The van der Waals surface area contributed by atoms with Crippen LogP contribution in [0.4, 0.5) is 23.7 Å². The monoisotopic (exact) mass is 408 g/mol. The predicted octanol–water partition coefficient (Wildman–Crippen LogP) is 3.23. The van der Waals surface area contributed by atoms with E-state index in [1.54, 1.807) is 0 Å². The number of carbonyl (C=O) groups is 1. The molecule has 1 aromatic rings. The molecule has 1 N–H and O–H groups in total. The van der Waals surface area contributed by atoms with Crippen molar-refractivity contribution in [3.05, 3.63) is 16.6 Å². The van der Waals surface area contributed by atoms with Gasteiger partial charge >= 0.3 is 12.3 Å². The fourth-order valence-electron chi connectivity index (χ4n) is 3.42. The topological polar surface area (TPSA) is 69.6 Å². The second-order valence-corrected chi connectivity index (χ2v) is 7.06. The number of amides is 1. The summed E-state index contributed by atoms with van der Waals surface area (Å²) in [4.78, 5) is 21.3. The molecule has 10 heteroatoms. The number of alkyl halides is 3. The Morgan fingerprint density at radius 3 is 2.42 bits per heavy atom. The van der Waals surface area contributed by atoms with E-state index in [2.05, 4.69) is 25.9 Å². The van der Waals surface area contributed by atoms with Crippen molar-refractivity contribution in [2.45, 2.75) is 25.4 Å². The Hall–Kier alpha value is -1.58. The van der Waals surface area contributed by atoms with Crippen LogP contribution in [-0.2, 0) is 6.18 Å². The molecule has 1 spiro atoms. The van der Waals surface area contributed by atoms with Gasteiger partial charge in [0.1, 0.15) is 4.60 Å². The van der Waals surface area contributed by atoms with Crippen LogP contribution in [0.25, 0.3) is 0 Å². The fraction of sp³-hybridized carbons (Fsp3) is 0.643. The zero-order valence-corrected chi connectivity index (χ0v) is 14.3. The maximum atomic E-state index is 12.7. The summed E-state index contributed by atoms with van der Waals surface area (Å²) in [6, 6.07) is 0. The summed E-state index contributed by atoms with van der Waals surface area (Å²) in [5.41, 5.74) is 0.550.